The molecule has 232 valence electrons. The van der Waals surface area contributed by atoms with Gasteiger partial charge in [0.05, 0.1) is 0 Å². The second kappa shape index (κ2) is 28.9. The van der Waals surface area contributed by atoms with Gasteiger partial charge in [-0.3, -0.25) is 0 Å². The summed E-state index contributed by atoms with van der Waals surface area (Å²) in [5, 5.41) is 0. The van der Waals surface area contributed by atoms with Crippen LogP contribution in [0.2, 0.25) is 0 Å². The zero-order chi connectivity index (χ0) is 28.1. The second-order valence-electron chi connectivity index (χ2n) is 12.9. The van der Waals surface area contributed by atoms with Crippen molar-refractivity contribution in [1.82, 2.24) is 9.80 Å². The van der Waals surface area contributed by atoms with Crippen LogP contribution in [0.3, 0.4) is 0 Å². The minimum absolute atomic E-state index is 0.641. The van der Waals surface area contributed by atoms with E-state index in [1.54, 1.807) is 0 Å². The number of hydrogen-bond donors (Lipinski definition) is 0. The van der Waals surface area contributed by atoms with Gasteiger partial charge in [-0.1, -0.05) is 181 Å². The van der Waals surface area contributed by atoms with Gasteiger partial charge in [0.15, 0.2) is 0 Å². The van der Waals surface area contributed by atoms with Crippen molar-refractivity contribution in [2.45, 2.75) is 213 Å². The first-order chi connectivity index (χ1) is 19.3. The van der Waals surface area contributed by atoms with Crippen molar-refractivity contribution in [3.63, 3.8) is 0 Å². The largest absolute Gasteiger partial charge is 0.356 e. The highest BCUT2D eigenvalue weighted by Crippen LogP contribution is 2.24. The molecule has 1 atom stereocenters. The lowest BCUT2D eigenvalue weighted by Gasteiger charge is -2.33. The summed E-state index contributed by atoms with van der Waals surface area (Å²) in [6, 6.07) is 0. The van der Waals surface area contributed by atoms with Crippen LogP contribution in [0.15, 0.2) is 12.4 Å². The molecule has 0 aromatic heterocycles. The molecule has 1 heterocycles. The standard InChI is InChI=1S/C37H74N2/c1-4-7-10-13-16-18-20-21-23-26-29-32-37-38(33-30-27-24-15-12-9-6-3)35-36-39(37)34-31-28-25-22-19-17-14-11-8-5-2/h35-37H,4-34H2,1-3H3. The Morgan fingerprint density at radius 3 is 0.897 bits per heavy atom. The van der Waals surface area contributed by atoms with Gasteiger partial charge in [-0.25, -0.2) is 0 Å². The third-order valence-electron chi connectivity index (χ3n) is 9.07. The lowest BCUT2D eigenvalue weighted by atomic mass is 10.0. The van der Waals surface area contributed by atoms with E-state index >= 15 is 0 Å². The zero-order valence-electron chi connectivity index (χ0n) is 27.5. The highest BCUT2D eigenvalue weighted by atomic mass is 15.4. The predicted octanol–water partition coefficient (Wildman–Crippen LogP) is 12.8. The highest BCUT2D eigenvalue weighted by Gasteiger charge is 2.24. The molecule has 0 aromatic carbocycles. The minimum atomic E-state index is 0.641. The molecule has 0 radical (unpaired) electrons. The molecule has 1 aliphatic heterocycles. The summed E-state index contributed by atoms with van der Waals surface area (Å²) < 4.78 is 0. The van der Waals surface area contributed by atoms with Crippen LogP contribution >= 0.6 is 0 Å². The number of unbranched alkanes of at least 4 members (excludes halogenated alkanes) is 25. The molecular formula is C37H74N2. The van der Waals surface area contributed by atoms with Gasteiger partial charge >= 0.3 is 0 Å². The summed E-state index contributed by atoms with van der Waals surface area (Å²) in [5.41, 5.74) is 0. The van der Waals surface area contributed by atoms with E-state index in [1.165, 1.54) is 199 Å². The van der Waals surface area contributed by atoms with Crippen LogP contribution < -0.4 is 0 Å². The number of rotatable bonds is 31. The summed E-state index contributed by atoms with van der Waals surface area (Å²) >= 11 is 0. The van der Waals surface area contributed by atoms with Gasteiger partial charge in [-0.05, 0) is 25.7 Å². The van der Waals surface area contributed by atoms with Crippen LogP contribution in [0.4, 0.5) is 0 Å². The Morgan fingerprint density at radius 2 is 0.590 bits per heavy atom. The van der Waals surface area contributed by atoms with Gasteiger partial charge in [0.25, 0.3) is 0 Å². The van der Waals surface area contributed by atoms with Crippen molar-refractivity contribution >= 4 is 0 Å². The van der Waals surface area contributed by atoms with E-state index in [0.717, 1.165) is 0 Å². The first-order valence-electron chi connectivity index (χ1n) is 18.5. The summed E-state index contributed by atoms with van der Waals surface area (Å²) in [6.45, 7) is 9.47. The van der Waals surface area contributed by atoms with Gasteiger partial charge in [0, 0.05) is 25.5 Å². The average molecular weight is 547 g/mol. The quantitative estimate of drug-likeness (QED) is 0.0798. The zero-order valence-corrected chi connectivity index (χ0v) is 27.5. The maximum absolute atomic E-state index is 2.71. The molecule has 0 saturated heterocycles. The third kappa shape index (κ3) is 21.7. The molecule has 0 N–H and O–H groups in total. The maximum Gasteiger partial charge on any atom is 0.101 e. The molecule has 0 bridgehead atoms. The van der Waals surface area contributed by atoms with Crippen LogP contribution in [-0.4, -0.2) is 29.1 Å². The molecule has 0 aromatic rings. The summed E-state index contributed by atoms with van der Waals surface area (Å²) in [4.78, 5) is 5.42. The Balaban J connectivity index is 2.23. The van der Waals surface area contributed by atoms with E-state index in [-0.39, 0.29) is 0 Å². The molecule has 2 heteroatoms. The first kappa shape index (κ1) is 36.4. The van der Waals surface area contributed by atoms with Crippen molar-refractivity contribution in [1.29, 1.82) is 0 Å². The number of nitrogens with zero attached hydrogens (tertiary/aromatic N) is 2. The summed E-state index contributed by atoms with van der Waals surface area (Å²) in [5.74, 6) is 0. The SMILES string of the molecule is CCCCCCCCCCCCCC1N(CCCCCCCCC)C=CN1CCCCCCCCCCCC. The smallest absolute Gasteiger partial charge is 0.101 e. The fourth-order valence-electron chi connectivity index (χ4n) is 6.36. The molecule has 0 spiro atoms. The molecule has 1 rings (SSSR count). The minimum Gasteiger partial charge on any atom is -0.356 e. The maximum atomic E-state index is 2.71. The summed E-state index contributed by atoms with van der Waals surface area (Å²) in [6.07, 6.45) is 46.9. The van der Waals surface area contributed by atoms with Gasteiger partial charge < -0.3 is 9.80 Å². The molecule has 0 amide bonds. The monoisotopic (exact) mass is 547 g/mol. The van der Waals surface area contributed by atoms with Gasteiger partial charge in [0.2, 0.25) is 0 Å². The second-order valence-corrected chi connectivity index (χ2v) is 12.9. The van der Waals surface area contributed by atoms with Crippen LogP contribution in [0, 0.1) is 0 Å². The first-order valence-corrected chi connectivity index (χ1v) is 18.5. The molecular weight excluding hydrogens is 472 g/mol. The van der Waals surface area contributed by atoms with Crippen LogP contribution in [-0.2, 0) is 0 Å². The predicted molar refractivity (Wildman–Crippen MR) is 177 cm³/mol. The average Bonchev–Trinajstić information content (AvgIpc) is 3.33. The van der Waals surface area contributed by atoms with Crippen LogP contribution in [0.5, 0.6) is 0 Å². The molecule has 1 aliphatic rings. The van der Waals surface area contributed by atoms with Crippen molar-refractivity contribution in [3.8, 4) is 0 Å². The van der Waals surface area contributed by atoms with Gasteiger partial charge in [-0.15, -0.1) is 0 Å². The Kier molecular flexibility index (Phi) is 26.9. The van der Waals surface area contributed by atoms with E-state index < -0.39 is 0 Å². The van der Waals surface area contributed by atoms with E-state index in [1.807, 2.05) is 0 Å². The van der Waals surface area contributed by atoms with Gasteiger partial charge in [0.1, 0.15) is 6.17 Å². The van der Waals surface area contributed by atoms with Crippen molar-refractivity contribution in [2.24, 2.45) is 0 Å². The van der Waals surface area contributed by atoms with Crippen LogP contribution in [0.1, 0.15) is 207 Å². The van der Waals surface area contributed by atoms with Crippen molar-refractivity contribution in [3.05, 3.63) is 12.4 Å². The Hall–Kier alpha value is -0.660. The van der Waals surface area contributed by atoms with Crippen molar-refractivity contribution in [2.75, 3.05) is 13.1 Å². The summed E-state index contributed by atoms with van der Waals surface area (Å²) in [7, 11) is 0. The van der Waals surface area contributed by atoms with E-state index in [9.17, 15) is 0 Å². The Bertz CT molecular complexity index is 502. The van der Waals surface area contributed by atoms with E-state index in [4.69, 9.17) is 0 Å². The molecule has 1 unspecified atom stereocenters. The number of hydrogen-bond acceptors (Lipinski definition) is 2. The third-order valence-corrected chi connectivity index (χ3v) is 9.07. The molecule has 0 fully saturated rings. The van der Waals surface area contributed by atoms with Gasteiger partial charge in [-0.2, -0.15) is 0 Å². The van der Waals surface area contributed by atoms with Crippen molar-refractivity contribution < 1.29 is 0 Å². The Labute approximate surface area is 248 Å². The molecule has 0 saturated carbocycles. The molecule has 2 nitrogen and oxygen atoms in total. The normalized spacial score (nSPS) is 15.2. The lowest BCUT2D eigenvalue weighted by Crippen LogP contribution is -2.39. The van der Waals surface area contributed by atoms with E-state index in [0.29, 0.717) is 6.17 Å². The van der Waals surface area contributed by atoms with Crippen LogP contribution in [0.25, 0.3) is 0 Å². The highest BCUT2D eigenvalue weighted by molar-refractivity contribution is 4.97. The molecule has 0 aliphatic carbocycles. The lowest BCUT2D eigenvalue weighted by molar-refractivity contribution is 0.135. The van der Waals surface area contributed by atoms with E-state index in [2.05, 4.69) is 43.0 Å². The fraction of sp³-hybridized carbons (Fsp3) is 0.946. The molecule has 39 heavy (non-hydrogen) atoms. The Morgan fingerprint density at radius 1 is 0.333 bits per heavy atom. The topological polar surface area (TPSA) is 6.48 Å². The fourth-order valence-corrected chi connectivity index (χ4v) is 6.36.